The van der Waals surface area contributed by atoms with Crippen LogP contribution in [0.4, 0.5) is 10.1 Å². The molecule has 5 nitrogen and oxygen atoms in total. The first-order valence-corrected chi connectivity index (χ1v) is 7.90. The second-order valence-electron chi connectivity index (χ2n) is 4.62. The molecule has 0 aliphatic rings. The van der Waals surface area contributed by atoms with Crippen LogP contribution < -0.4 is 5.73 Å². The highest BCUT2D eigenvalue weighted by molar-refractivity contribution is 7.90. The topological polar surface area (TPSA) is 86.2 Å². The van der Waals surface area contributed by atoms with Crippen molar-refractivity contribution in [3.8, 4) is 11.5 Å². The average Bonchev–Trinajstić information content (AvgIpc) is 2.79. The number of sulfone groups is 1. The van der Waals surface area contributed by atoms with Crippen molar-refractivity contribution in [3.05, 3.63) is 42.2 Å². The Labute approximate surface area is 120 Å². The molecule has 0 spiro atoms. The normalized spacial score (nSPS) is 11.9. The molecule has 0 radical (unpaired) electrons. The van der Waals surface area contributed by atoms with Crippen LogP contribution in [0, 0.1) is 5.82 Å². The standard InChI is InChI=1S/C14H11FN2O3S/c1-21(18,19)8-5-6-12-11(7-8)17-14(20-12)13-9(15)3-2-4-10(13)16/h2-7H,16H2,1H3. The van der Waals surface area contributed by atoms with Gasteiger partial charge in [-0.1, -0.05) is 6.07 Å². The van der Waals surface area contributed by atoms with E-state index in [-0.39, 0.29) is 22.0 Å². The number of hydrogen-bond acceptors (Lipinski definition) is 5. The number of hydrogen-bond donors (Lipinski definition) is 1. The van der Waals surface area contributed by atoms with E-state index >= 15 is 0 Å². The van der Waals surface area contributed by atoms with E-state index in [1.165, 1.54) is 36.4 Å². The quantitative estimate of drug-likeness (QED) is 0.735. The third-order valence-electron chi connectivity index (χ3n) is 3.05. The molecule has 3 rings (SSSR count). The fraction of sp³-hybridized carbons (Fsp3) is 0.0714. The Morgan fingerprint density at radius 2 is 2.00 bits per heavy atom. The lowest BCUT2D eigenvalue weighted by Gasteiger charge is -2.01. The van der Waals surface area contributed by atoms with E-state index in [0.717, 1.165) is 6.26 Å². The van der Waals surface area contributed by atoms with Gasteiger partial charge in [-0.25, -0.2) is 17.8 Å². The second kappa shape index (κ2) is 4.56. The van der Waals surface area contributed by atoms with E-state index in [1.54, 1.807) is 0 Å². The van der Waals surface area contributed by atoms with Crippen molar-refractivity contribution in [2.75, 3.05) is 12.0 Å². The van der Waals surface area contributed by atoms with Gasteiger partial charge in [0, 0.05) is 11.9 Å². The van der Waals surface area contributed by atoms with Gasteiger partial charge in [0.15, 0.2) is 15.4 Å². The lowest BCUT2D eigenvalue weighted by molar-refractivity contribution is 0.594. The molecule has 1 aromatic heterocycles. The number of nitrogens with zero attached hydrogens (tertiary/aromatic N) is 1. The van der Waals surface area contributed by atoms with E-state index in [2.05, 4.69) is 4.98 Å². The van der Waals surface area contributed by atoms with Crippen molar-refractivity contribution < 1.29 is 17.2 Å². The fourth-order valence-corrected chi connectivity index (χ4v) is 2.65. The summed E-state index contributed by atoms with van der Waals surface area (Å²) < 4.78 is 42.4. The molecular formula is C14H11FN2O3S. The van der Waals surface area contributed by atoms with Gasteiger partial charge in [0.1, 0.15) is 11.3 Å². The molecule has 0 unspecified atom stereocenters. The van der Waals surface area contributed by atoms with Crippen molar-refractivity contribution in [3.63, 3.8) is 0 Å². The van der Waals surface area contributed by atoms with E-state index in [9.17, 15) is 12.8 Å². The van der Waals surface area contributed by atoms with Gasteiger partial charge in [-0.05, 0) is 30.3 Å². The Hall–Kier alpha value is -2.41. The molecule has 0 aliphatic heterocycles. The molecule has 0 atom stereocenters. The highest BCUT2D eigenvalue weighted by Crippen LogP contribution is 2.31. The van der Waals surface area contributed by atoms with Gasteiger partial charge in [0.2, 0.25) is 5.89 Å². The minimum Gasteiger partial charge on any atom is -0.436 e. The summed E-state index contributed by atoms with van der Waals surface area (Å²) in [6.45, 7) is 0. The summed E-state index contributed by atoms with van der Waals surface area (Å²) in [7, 11) is -3.35. The number of halogens is 1. The summed E-state index contributed by atoms with van der Waals surface area (Å²) >= 11 is 0. The van der Waals surface area contributed by atoms with Crippen LogP contribution in [0.25, 0.3) is 22.6 Å². The minimum absolute atomic E-state index is 0.0197. The van der Waals surface area contributed by atoms with Gasteiger partial charge < -0.3 is 10.2 Å². The zero-order valence-electron chi connectivity index (χ0n) is 11.0. The SMILES string of the molecule is CS(=O)(=O)c1ccc2oc(-c3c(N)cccc3F)nc2c1. The van der Waals surface area contributed by atoms with Gasteiger partial charge in [-0.15, -0.1) is 0 Å². The third kappa shape index (κ3) is 2.36. The molecule has 21 heavy (non-hydrogen) atoms. The first-order chi connectivity index (χ1) is 9.86. The molecule has 0 fully saturated rings. The molecule has 2 N–H and O–H groups in total. The first-order valence-electron chi connectivity index (χ1n) is 6.01. The zero-order valence-corrected chi connectivity index (χ0v) is 11.8. The van der Waals surface area contributed by atoms with Crippen LogP contribution >= 0.6 is 0 Å². The number of fused-ring (bicyclic) bond motifs is 1. The summed E-state index contributed by atoms with van der Waals surface area (Å²) in [6.07, 6.45) is 1.10. The van der Waals surface area contributed by atoms with E-state index in [0.29, 0.717) is 11.1 Å². The predicted octanol–water partition coefficient (Wildman–Crippen LogP) is 2.62. The van der Waals surface area contributed by atoms with Crippen LogP contribution in [0.1, 0.15) is 0 Å². The van der Waals surface area contributed by atoms with Gasteiger partial charge in [0.05, 0.1) is 10.5 Å². The Kier molecular flexibility index (Phi) is 2.94. The predicted molar refractivity (Wildman–Crippen MR) is 76.9 cm³/mol. The van der Waals surface area contributed by atoms with E-state index < -0.39 is 15.7 Å². The molecule has 3 aromatic rings. The van der Waals surface area contributed by atoms with Gasteiger partial charge in [-0.3, -0.25) is 0 Å². The van der Waals surface area contributed by atoms with E-state index in [1.807, 2.05) is 0 Å². The molecule has 2 aromatic carbocycles. The number of aromatic nitrogens is 1. The second-order valence-corrected chi connectivity index (χ2v) is 6.64. The molecule has 7 heteroatoms. The van der Waals surface area contributed by atoms with Crippen LogP contribution in [0.15, 0.2) is 45.7 Å². The third-order valence-corrected chi connectivity index (χ3v) is 4.16. The lowest BCUT2D eigenvalue weighted by atomic mass is 10.1. The van der Waals surface area contributed by atoms with Gasteiger partial charge in [0.25, 0.3) is 0 Å². The van der Waals surface area contributed by atoms with Crippen molar-refractivity contribution in [1.82, 2.24) is 4.98 Å². The largest absolute Gasteiger partial charge is 0.436 e. The highest BCUT2D eigenvalue weighted by atomic mass is 32.2. The van der Waals surface area contributed by atoms with Gasteiger partial charge >= 0.3 is 0 Å². The van der Waals surface area contributed by atoms with Crippen molar-refractivity contribution in [1.29, 1.82) is 0 Å². The molecule has 0 bridgehead atoms. The van der Waals surface area contributed by atoms with Crippen LogP contribution in [-0.4, -0.2) is 19.7 Å². The van der Waals surface area contributed by atoms with Crippen molar-refractivity contribution in [2.45, 2.75) is 4.90 Å². The molecule has 0 saturated carbocycles. The Morgan fingerprint density at radius 3 is 2.67 bits per heavy atom. The van der Waals surface area contributed by atoms with Crippen LogP contribution in [-0.2, 0) is 9.84 Å². The van der Waals surface area contributed by atoms with Crippen LogP contribution in [0.3, 0.4) is 0 Å². The number of anilines is 1. The van der Waals surface area contributed by atoms with Crippen molar-refractivity contribution in [2.24, 2.45) is 0 Å². The monoisotopic (exact) mass is 306 g/mol. The molecule has 108 valence electrons. The average molecular weight is 306 g/mol. The molecule has 0 amide bonds. The fourth-order valence-electron chi connectivity index (χ4n) is 2.01. The van der Waals surface area contributed by atoms with Gasteiger partial charge in [-0.2, -0.15) is 0 Å². The number of nitrogens with two attached hydrogens (primary N) is 1. The Balaban J connectivity index is 2.23. The summed E-state index contributed by atoms with van der Waals surface area (Å²) in [5, 5.41) is 0. The summed E-state index contributed by atoms with van der Waals surface area (Å²) in [6, 6.07) is 8.56. The summed E-state index contributed by atoms with van der Waals surface area (Å²) in [5.41, 5.74) is 6.69. The Bertz CT molecular complexity index is 928. The minimum atomic E-state index is -3.35. The zero-order chi connectivity index (χ0) is 15.2. The maximum absolute atomic E-state index is 13.9. The molecule has 0 aliphatic carbocycles. The number of benzene rings is 2. The van der Waals surface area contributed by atoms with E-state index in [4.69, 9.17) is 10.2 Å². The summed E-state index contributed by atoms with van der Waals surface area (Å²) in [5.74, 6) is -0.531. The van der Waals surface area contributed by atoms with Crippen LogP contribution in [0.5, 0.6) is 0 Å². The number of rotatable bonds is 2. The molecule has 0 saturated heterocycles. The van der Waals surface area contributed by atoms with Crippen molar-refractivity contribution >= 4 is 26.6 Å². The maximum Gasteiger partial charge on any atom is 0.232 e. The maximum atomic E-state index is 13.9. The number of oxazole rings is 1. The molecular weight excluding hydrogens is 295 g/mol. The summed E-state index contributed by atoms with van der Waals surface area (Å²) in [4.78, 5) is 4.25. The number of nitrogen functional groups attached to an aromatic ring is 1. The Morgan fingerprint density at radius 1 is 1.24 bits per heavy atom. The highest BCUT2D eigenvalue weighted by Gasteiger charge is 2.17. The lowest BCUT2D eigenvalue weighted by Crippen LogP contribution is -1.96. The smallest absolute Gasteiger partial charge is 0.232 e. The van der Waals surface area contributed by atoms with Crippen LogP contribution in [0.2, 0.25) is 0 Å². The first kappa shape index (κ1) is 13.6. The molecule has 1 heterocycles.